The lowest BCUT2D eigenvalue weighted by molar-refractivity contribution is -0.674. The zero-order valence-corrected chi connectivity index (χ0v) is 15.6. The zero-order chi connectivity index (χ0) is 16.8. The topological polar surface area (TPSA) is 39.0 Å². The Balaban J connectivity index is 1.90. The van der Waals surface area contributed by atoms with Gasteiger partial charge in [0.25, 0.3) is 0 Å². The van der Waals surface area contributed by atoms with E-state index in [1.807, 2.05) is 6.07 Å². The summed E-state index contributed by atoms with van der Waals surface area (Å²) in [6, 6.07) is 4.03. The minimum absolute atomic E-state index is 0.0796. The van der Waals surface area contributed by atoms with Gasteiger partial charge in [-0.2, -0.15) is 0 Å². The average molecular weight is 323 g/mol. The molecule has 2 rings (SSSR count). The van der Waals surface area contributed by atoms with Crippen LogP contribution in [0.25, 0.3) is 0 Å². The number of hydrogen-bond donors (Lipinski definition) is 1. The van der Waals surface area contributed by atoms with Crippen molar-refractivity contribution < 1.29 is 14.5 Å². The Morgan fingerprint density at radius 2 is 2.13 bits per heavy atom. The molecular weight excluding hydrogens is 286 g/mol. The highest BCUT2D eigenvalue weighted by molar-refractivity contribution is 4.95. The molecule has 0 radical (unpaired) electrons. The third-order valence-corrected chi connectivity index (χ3v) is 5.64. The van der Waals surface area contributed by atoms with Crippen molar-refractivity contribution in [2.75, 3.05) is 13.2 Å². The highest BCUT2D eigenvalue weighted by Crippen LogP contribution is 2.46. The summed E-state index contributed by atoms with van der Waals surface area (Å²) in [5.41, 5.74) is 0.545. The van der Waals surface area contributed by atoms with Crippen LogP contribution in [-0.4, -0.2) is 18.8 Å². The van der Waals surface area contributed by atoms with Crippen molar-refractivity contribution in [1.82, 2.24) is 0 Å². The van der Waals surface area contributed by atoms with Crippen LogP contribution in [0.4, 0.5) is 0 Å². The summed E-state index contributed by atoms with van der Waals surface area (Å²) in [5, 5.41) is 2.40. The molecule has 23 heavy (non-hydrogen) atoms. The molecule has 3 nitrogen and oxygen atoms in total. The van der Waals surface area contributed by atoms with Crippen molar-refractivity contribution in [2.45, 2.75) is 78.4 Å². The summed E-state index contributed by atoms with van der Waals surface area (Å²) in [6.45, 7) is 12.3. The first-order valence-electron chi connectivity index (χ1n) is 9.45. The van der Waals surface area contributed by atoms with Gasteiger partial charge >= 0.3 is 0 Å². The maximum atomic E-state index is 6.12. The lowest BCUT2D eigenvalue weighted by atomic mass is 9.67. The second kappa shape index (κ2) is 8.34. The van der Waals surface area contributed by atoms with Crippen molar-refractivity contribution >= 4 is 0 Å². The molecule has 0 bridgehead atoms. The maximum Gasteiger partial charge on any atom is 0.157 e. The number of quaternary nitrogens is 1. The van der Waals surface area contributed by atoms with Crippen LogP contribution < -0.4 is 5.32 Å². The molecule has 0 amide bonds. The van der Waals surface area contributed by atoms with Crippen molar-refractivity contribution in [1.29, 1.82) is 0 Å². The molecule has 1 saturated heterocycles. The summed E-state index contributed by atoms with van der Waals surface area (Å²) >= 11 is 0. The predicted octanol–water partition coefficient (Wildman–Crippen LogP) is 4.13. The predicted molar refractivity (Wildman–Crippen MR) is 94.2 cm³/mol. The van der Waals surface area contributed by atoms with Crippen molar-refractivity contribution in [3.63, 3.8) is 0 Å². The van der Waals surface area contributed by atoms with Crippen LogP contribution in [0.5, 0.6) is 0 Å². The first kappa shape index (κ1) is 18.5. The largest absolute Gasteiger partial charge is 0.463 e. The number of ether oxygens (including phenoxy) is 1. The molecule has 132 valence electrons. The normalized spacial score (nSPS) is 28.4. The van der Waals surface area contributed by atoms with Gasteiger partial charge < -0.3 is 14.5 Å². The van der Waals surface area contributed by atoms with E-state index in [0.717, 1.165) is 31.3 Å². The lowest BCUT2D eigenvalue weighted by Crippen LogP contribution is -2.83. The molecule has 0 unspecified atom stereocenters. The fourth-order valence-electron chi connectivity index (χ4n) is 3.90. The van der Waals surface area contributed by atoms with Crippen molar-refractivity contribution in [3.05, 3.63) is 24.2 Å². The molecule has 2 heterocycles. The van der Waals surface area contributed by atoms with E-state index in [1.54, 1.807) is 6.26 Å². The molecule has 0 spiro atoms. The standard InChI is InChI=1S/C20H35NO2/c1-5-19(4)16-20(11-14-23-19,9-8-17(2)3)10-12-21-15-18-7-6-13-22-18/h6-7,13,17,21H,5,8-12,14-16H2,1-4H3/p+1/t19-,20+/m1/s1. The van der Waals surface area contributed by atoms with E-state index >= 15 is 0 Å². The van der Waals surface area contributed by atoms with E-state index in [1.165, 1.54) is 38.6 Å². The monoisotopic (exact) mass is 322 g/mol. The smallest absolute Gasteiger partial charge is 0.157 e. The maximum absolute atomic E-state index is 6.12. The Labute approximate surface area is 142 Å². The quantitative estimate of drug-likeness (QED) is 0.694. The van der Waals surface area contributed by atoms with Gasteiger partial charge in [-0.1, -0.05) is 27.2 Å². The SMILES string of the molecule is CC[C@]1(C)C[C@](CC[NH2+]Cc2ccco2)(CCC(C)C)CCO1. The van der Waals surface area contributed by atoms with Crippen LogP contribution >= 0.6 is 0 Å². The zero-order valence-electron chi connectivity index (χ0n) is 15.6. The minimum atomic E-state index is 0.0796. The van der Waals surface area contributed by atoms with Crippen molar-refractivity contribution in [2.24, 2.45) is 11.3 Å². The van der Waals surface area contributed by atoms with E-state index in [0.29, 0.717) is 5.41 Å². The van der Waals surface area contributed by atoms with Crippen LogP contribution in [-0.2, 0) is 11.3 Å². The van der Waals surface area contributed by atoms with Crippen LogP contribution in [0.3, 0.4) is 0 Å². The van der Waals surface area contributed by atoms with E-state index in [4.69, 9.17) is 9.15 Å². The Hall–Kier alpha value is -0.800. The van der Waals surface area contributed by atoms with Gasteiger partial charge in [-0.25, -0.2) is 0 Å². The van der Waals surface area contributed by atoms with E-state index in [2.05, 4.69) is 39.1 Å². The summed E-state index contributed by atoms with van der Waals surface area (Å²) in [4.78, 5) is 0. The summed E-state index contributed by atoms with van der Waals surface area (Å²) in [6.07, 6.45) is 9.29. The Morgan fingerprint density at radius 3 is 2.78 bits per heavy atom. The molecule has 1 aromatic heterocycles. The molecule has 0 aromatic carbocycles. The molecule has 1 aromatic rings. The Kier molecular flexibility index (Phi) is 6.72. The molecule has 0 saturated carbocycles. The molecule has 1 fully saturated rings. The summed E-state index contributed by atoms with van der Waals surface area (Å²) in [7, 11) is 0. The van der Waals surface area contributed by atoms with E-state index < -0.39 is 0 Å². The number of furan rings is 1. The minimum Gasteiger partial charge on any atom is -0.463 e. The van der Waals surface area contributed by atoms with Crippen LogP contribution in [0.1, 0.15) is 72.0 Å². The van der Waals surface area contributed by atoms with Gasteiger partial charge in [0.15, 0.2) is 5.76 Å². The van der Waals surface area contributed by atoms with Crippen LogP contribution in [0.2, 0.25) is 0 Å². The molecule has 2 N–H and O–H groups in total. The van der Waals surface area contributed by atoms with Crippen molar-refractivity contribution in [3.8, 4) is 0 Å². The highest BCUT2D eigenvalue weighted by atomic mass is 16.5. The second-order valence-electron chi connectivity index (χ2n) is 8.12. The van der Waals surface area contributed by atoms with Gasteiger partial charge in [0.1, 0.15) is 6.54 Å². The first-order chi connectivity index (χ1) is 11.0. The Bertz CT molecular complexity index is 443. The molecule has 2 atom stereocenters. The van der Waals surface area contributed by atoms with E-state index in [9.17, 15) is 0 Å². The fourth-order valence-corrected chi connectivity index (χ4v) is 3.90. The molecule has 3 heteroatoms. The number of hydrogen-bond acceptors (Lipinski definition) is 2. The molecule has 0 aliphatic carbocycles. The lowest BCUT2D eigenvalue weighted by Gasteiger charge is -2.46. The summed E-state index contributed by atoms with van der Waals surface area (Å²) in [5.74, 6) is 1.86. The highest BCUT2D eigenvalue weighted by Gasteiger charge is 2.42. The molecular formula is C20H36NO2+. The van der Waals surface area contributed by atoms with E-state index in [-0.39, 0.29) is 5.60 Å². The van der Waals surface area contributed by atoms with Gasteiger partial charge in [-0.15, -0.1) is 0 Å². The van der Waals surface area contributed by atoms with Gasteiger partial charge in [-0.3, -0.25) is 0 Å². The molecule has 1 aliphatic heterocycles. The summed E-state index contributed by atoms with van der Waals surface area (Å²) < 4.78 is 11.5. The van der Waals surface area contributed by atoms with Gasteiger partial charge in [0.05, 0.1) is 18.4 Å². The fraction of sp³-hybridized carbons (Fsp3) is 0.800. The first-order valence-corrected chi connectivity index (χ1v) is 9.45. The third-order valence-electron chi connectivity index (χ3n) is 5.64. The van der Waals surface area contributed by atoms with Gasteiger partial charge in [-0.05, 0) is 56.1 Å². The Morgan fingerprint density at radius 1 is 1.30 bits per heavy atom. The van der Waals surface area contributed by atoms with Crippen LogP contribution in [0.15, 0.2) is 22.8 Å². The van der Waals surface area contributed by atoms with Crippen LogP contribution in [0, 0.1) is 11.3 Å². The van der Waals surface area contributed by atoms with Gasteiger partial charge in [0.2, 0.25) is 0 Å². The number of nitrogens with two attached hydrogens (primary N) is 1. The number of rotatable bonds is 9. The molecule has 1 aliphatic rings. The third kappa shape index (κ3) is 5.65. The average Bonchev–Trinajstić information content (AvgIpc) is 3.03. The van der Waals surface area contributed by atoms with Gasteiger partial charge in [0, 0.05) is 13.0 Å². The second-order valence-corrected chi connectivity index (χ2v) is 8.12.